The lowest BCUT2D eigenvalue weighted by molar-refractivity contribution is 0.0484. The smallest absolute Gasteiger partial charge is 0.407 e. The topological polar surface area (TPSA) is 79.8 Å². The molecule has 0 radical (unpaired) electrons. The number of hydrogen-bond donors (Lipinski definition) is 3. The van der Waals surface area contributed by atoms with Gasteiger partial charge >= 0.3 is 6.09 Å². The number of nitrogens with one attached hydrogen (secondary N) is 2. The first-order valence-corrected chi connectivity index (χ1v) is 7.70. The minimum Gasteiger partial charge on any atom is -0.444 e. The minimum atomic E-state index is -0.465. The molecule has 0 spiro atoms. The zero-order valence-electron chi connectivity index (χ0n) is 13.6. The Kier molecular flexibility index (Phi) is 7.42. The molecule has 21 heavy (non-hydrogen) atoms. The molecular formula is C15H30N2O4. The molecule has 0 bridgehead atoms. The van der Waals surface area contributed by atoms with Gasteiger partial charge in [-0.25, -0.2) is 4.79 Å². The van der Waals surface area contributed by atoms with E-state index in [1.165, 1.54) is 0 Å². The van der Waals surface area contributed by atoms with Crippen molar-refractivity contribution in [1.29, 1.82) is 0 Å². The average Bonchev–Trinajstić information content (AvgIpc) is 2.36. The summed E-state index contributed by atoms with van der Waals surface area (Å²) in [6.45, 7) is 6.47. The van der Waals surface area contributed by atoms with Crippen LogP contribution in [0.2, 0.25) is 0 Å². The van der Waals surface area contributed by atoms with E-state index in [0.717, 1.165) is 25.7 Å². The molecule has 0 aromatic rings. The Balaban J connectivity index is 2.19. The van der Waals surface area contributed by atoms with Crippen LogP contribution in [0.15, 0.2) is 0 Å². The van der Waals surface area contributed by atoms with Crippen molar-refractivity contribution in [1.82, 2.24) is 10.6 Å². The molecule has 1 amide bonds. The van der Waals surface area contributed by atoms with Crippen molar-refractivity contribution >= 4 is 6.09 Å². The quantitative estimate of drug-likeness (QED) is 0.691. The standard InChI is InChI=1S/C15H30N2O4/c1-15(2,3)21-14(19)17-12-7-5-11(6-8-12)16-9-13(18)10-20-4/h11-13,16,18H,5-10H2,1-4H3,(H,17,19). The van der Waals surface area contributed by atoms with Gasteiger partial charge in [-0.15, -0.1) is 0 Å². The molecule has 1 atom stereocenters. The van der Waals surface area contributed by atoms with E-state index in [2.05, 4.69) is 10.6 Å². The fourth-order valence-corrected chi connectivity index (χ4v) is 2.47. The minimum absolute atomic E-state index is 0.182. The first kappa shape index (κ1) is 18.2. The van der Waals surface area contributed by atoms with E-state index >= 15 is 0 Å². The molecule has 1 fully saturated rings. The van der Waals surface area contributed by atoms with Gasteiger partial charge in [0.25, 0.3) is 0 Å². The molecule has 6 heteroatoms. The highest BCUT2D eigenvalue weighted by Crippen LogP contribution is 2.19. The second-order valence-corrected chi connectivity index (χ2v) is 6.71. The molecule has 0 saturated heterocycles. The van der Waals surface area contributed by atoms with Crippen LogP contribution in [0.1, 0.15) is 46.5 Å². The number of amides is 1. The van der Waals surface area contributed by atoms with Crippen LogP contribution in [0.3, 0.4) is 0 Å². The number of alkyl carbamates (subject to hydrolysis) is 1. The maximum atomic E-state index is 11.7. The number of aliphatic hydroxyl groups excluding tert-OH is 1. The average molecular weight is 302 g/mol. The van der Waals surface area contributed by atoms with E-state index < -0.39 is 11.7 Å². The number of rotatable bonds is 6. The van der Waals surface area contributed by atoms with Gasteiger partial charge in [0.05, 0.1) is 12.7 Å². The highest BCUT2D eigenvalue weighted by atomic mass is 16.6. The second-order valence-electron chi connectivity index (χ2n) is 6.71. The molecule has 0 aromatic heterocycles. The van der Waals surface area contributed by atoms with E-state index in [-0.39, 0.29) is 12.1 Å². The third-order valence-electron chi connectivity index (χ3n) is 3.45. The van der Waals surface area contributed by atoms with Crippen molar-refractivity contribution in [2.45, 2.75) is 70.2 Å². The van der Waals surface area contributed by atoms with Crippen LogP contribution in [-0.2, 0) is 9.47 Å². The molecule has 6 nitrogen and oxygen atoms in total. The van der Waals surface area contributed by atoms with Gasteiger partial charge in [0.15, 0.2) is 0 Å². The zero-order chi connectivity index (χ0) is 15.9. The van der Waals surface area contributed by atoms with Crippen molar-refractivity contribution in [3.05, 3.63) is 0 Å². The van der Waals surface area contributed by atoms with Gasteiger partial charge in [0, 0.05) is 25.7 Å². The van der Waals surface area contributed by atoms with Crippen LogP contribution in [0.4, 0.5) is 4.79 Å². The molecule has 0 aromatic carbocycles. The maximum Gasteiger partial charge on any atom is 0.407 e. The molecular weight excluding hydrogens is 272 g/mol. The summed E-state index contributed by atoms with van der Waals surface area (Å²) in [5, 5.41) is 15.9. The molecule has 0 heterocycles. The van der Waals surface area contributed by atoms with Crippen LogP contribution < -0.4 is 10.6 Å². The molecule has 1 aliphatic carbocycles. The van der Waals surface area contributed by atoms with Gasteiger partial charge < -0.3 is 25.2 Å². The lowest BCUT2D eigenvalue weighted by atomic mass is 9.91. The summed E-state index contributed by atoms with van der Waals surface area (Å²) in [6.07, 6.45) is 3.02. The predicted molar refractivity (Wildman–Crippen MR) is 81.3 cm³/mol. The van der Waals surface area contributed by atoms with Crippen molar-refractivity contribution in [3.8, 4) is 0 Å². The van der Waals surface area contributed by atoms with Crippen LogP contribution in [0.25, 0.3) is 0 Å². The molecule has 3 N–H and O–H groups in total. The summed E-state index contributed by atoms with van der Waals surface area (Å²) in [6, 6.07) is 0.579. The summed E-state index contributed by atoms with van der Waals surface area (Å²) < 4.78 is 10.2. The summed E-state index contributed by atoms with van der Waals surface area (Å²) in [7, 11) is 1.58. The summed E-state index contributed by atoms with van der Waals surface area (Å²) in [5.74, 6) is 0. The molecule has 1 saturated carbocycles. The molecule has 1 aliphatic rings. The van der Waals surface area contributed by atoms with Gasteiger partial charge in [-0.2, -0.15) is 0 Å². The van der Waals surface area contributed by atoms with Crippen molar-refractivity contribution in [2.24, 2.45) is 0 Å². The molecule has 1 rings (SSSR count). The van der Waals surface area contributed by atoms with Crippen LogP contribution in [0, 0.1) is 0 Å². The van der Waals surface area contributed by atoms with Gasteiger partial charge in [-0.1, -0.05) is 0 Å². The monoisotopic (exact) mass is 302 g/mol. The summed E-state index contributed by atoms with van der Waals surface area (Å²) in [4.78, 5) is 11.7. The van der Waals surface area contributed by atoms with Gasteiger partial charge in [-0.05, 0) is 46.5 Å². The summed E-state index contributed by atoms with van der Waals surface area (Å²) >= 11 is 0. The van der Waals surface area contributed by atoms with Crippen LogP contribution in [-0.4, -0.2) is 55.2 Å². The van der Waals surface area contributed by atoms with E-state index in [4.69, 9.17) is 9.47 Å². The second kappa shape index (κ2) is 8.56. The highest BCUT2D eigenvalue weighted by Gasteiger charge is 2.24. The predicted octanol–water partition coefficient (Wildman–Crippen LogP) is 1.42. The first-order valence-electron chi connectivity index (χ1n) is 7.70. The summed E-state index contributed by atoms with van der Waals surface area (Å²) in [5.41, 5.74) is -0.458. The first-order chi connectivity index (χ1) is 9.80. The Morgan fingerprint density at radius 3 is 2.33 bits per heavy atom. The number of carbonyl (C=O) groups excluding carboxylic acids is 1. The highest BCUT2D eigenvalue weighted by molar-refractivity contribution is 5.68. The molecule has 1 unspecified atom stereocenters. The molecule has 0 aliphatic heterocycles. The fraction of sp³-hybridized carbons (Fsp3) is 0.933. The maximum absolute atomic E-state index is 11.7. The van der Waals surface area contributed by atoms with Crippen molar-refractivity contribution < 1.29 is 19.4 Å². The Bertz CT molecular complexity index is 309. The third kappa shape index (κ3) is 8.24. The Morgan fingerprint density at radius 1 is 1.24 bits per heavy atom. The number of hydrogen-bond acceptors (Lipinski definition) is 5. The lowest BCUT2D eigenvalue weighted by Crippen LogP contribution is -2.45. The van der Waals surface area contributed by atoms with E-state index in [1.807, 2.05) is 20.8 Å². The van der Waals surface area contributed by atoms with Crippen LogP contribution in [0.5, 0.6) is 0 Å². The lowest BCUT2D eigenvalue weighted by Gasteiger charge is -2.31. The number of aliphatic hydroxyl groups is 1. The third-order valence-corrected chi connectivity index (χ3v) is 3.45. The van der Waals surface area contributed by atoms with E-state index in [9.17, 15) is 9.90 Å². The van der Waals surface area contributed by atoms with Crippen LogP contribution >= 0.6 is 0 Å². The number of ether oxygens (including phenoxy) is 2. The van der Waals surface area contributed by atoms with Crippen molar-refractivity contribution in [3.63, 3.8) is 0 Å². The fourth-order valence-electron chi connectivity index (χ4n) is 2.47. The molecule has 124 valence electrons. The Morgan fingerprint density at radius 2 is 1.81 bits per heavy atom. The number of carbonyl (C=O) groups is 1. The normalized spacial score (nSPS) is 24.4. The Labute approximate surface area is 127 Å². The van der Waals surface area contributed by atoms with Gasteiger partial charge in [0.1, 0.15) is 5.60 Å². The van der Waals surface area contributed by atoms with Crippen molar-refractivity contribution in [2.75, 3.05) is 20.3 Å². The SMILES string of the molecule is COCC(O)CNC1CCC(NC(=O)OC(C)(C)C)CC1. The van der Waals surface area contributed by atoms with Gasteiger partial charge in [0.2, 0.25) is 0 Å². The van der Waals surface area contributed by atoms with E-state index in [1.54, 1.807) is 7.11 Å². The zero-order valence-corrected chi connectivity index (χ0v) is 13.6. The van der Waals surface area contributed by atoms with E-state index in [0.29, 0.717) is 19.2 Å². The Hall–Kier alpha value is -0.850. The largest absolute Gasteiger partial charge is 0.444 e. The van der Waals surface area contributed by atoms with Gasteiger partial charge in [-0.3, -0.25) is 0 Å². The number of methoxy groups -OCH3 is 1.